The maximum Gasteiger partial charge on any atom is -0.0117 e. The Kier molecular flexibility index (Phi) is 6.66. The molecule has 0 spiro atoms. The van der Waals surface area contributed by atoms with Gasteiger partial charge in [0.25, 0.3) is 0 Å². The van der Waals surface area contributed by atoms with Crippen molar-refractivity contribution in [2.75, 3.05) is 0 Å². The SMILES string of the molecule is C=C(C)CC(C)=CC(C)CCCC. The highest BCUT2D eigenvalue weighted by molar-refractivity contribution is 5.09. The standard InChI is InChI=1S/C13H24/c1-6-7-8-12(4)10-13(5)9-11(2)3/h10,12H,2,6-9H2,1,3-5H3. The van der Waals surface area contributed by atoms with E-state index < -0.39 is 0 Å². The van der Waals surface area contributed by atoms with E-state index in [1.807, 2.05) is 0 Å². The van der Waals surface area contributed by atoms with Crippen molar-refractivity contribution >= 4 is 0 Å². The second kappa shape index (κ2) is 6.94. The van der Waals surface area contributed by atoms with Crippen molar-refractivity contribution in [3.63, 3.8) is 0 Å². The smallest absolute Gasteiger partial charge is 0.0117 e. The lowest BCUT2D eigenvalue weighted by Gasteiger charge is -2.07. The number of hydrogen-bond donors (Lipinski definition) is 0. The molecule has 1 atom stereocenters. The Hall–Kier alpha value is -0.520. The summed E-state index contributed by atoms with van der Waals surface area (Å²) in [6, 6.07) is 0. The van der Waals surface area contributed by atoms with Crippen LogP contribution in [0, 0.1) is 5.92 Å². The molecule has 0 saturated heterocycles. The van der Waals surface area contributed by atoms with Crippen LogP contribution < -0.4 is 0 Å². The van der Waals surface area contributed by atoms with E-state index in [-0.39, 0.29) is 0 Å². The highest BCUT2D eigenvalue weighted by atomic mass is 14.0. The lowest BCUT2D eigenvalue weighted by atomic mass is 9.99. The van der Waals surface area contributed by atoms with Crippen LogP contribution in [-0.2, 0) is 0 Å². The summed E-state index contributed by atoms with van der Waals surface area (Å²) in [6.45, 7) is 12.8. The number of hydrogen-bond acceptors (Lipinski definition) is 0. The molecule has 1 unspecified atom stereocenters. The molecule has 0 aromatic carbocycles. The van der Waals surface area contributed by atoms with Gasteiger partial charge in [-0.2, -0.15) is 0 Å². The van der Waals surface area contributed by atoms with Gasteiger partial charge in [-0.3, -0.25) is 0 Å². The van der Waals surface area contributed by atoms with E-state index in [4.69, 9.17) is 0 Å². The van der Waals surface area contributed by atoms with Crippen LogP contribution in [-0.4, -0.2) is 0 Å². The van der Waals surface area contributed by atoms with Gasteiger partial charge in [0.1, 0.15) is 0 Å². The minimum absolute atomic E-state index is 0.735. The first kappa shape index (κ1) is 12.5. The van der Waals surface area contributed by atoms with Crippen molar-refractivity contribution in [1.29, 1.82) is 0 Å². The minimum atomic E-state index is 0.735. The number of allylic oxidation sites excluding steroid dienone is 3. The van der Waals surface area contributed by atoms with Gasteiger partial charge in [0, 0.05) is 0 Å². The lowest BCUT2D eigenvalue weighted by Crippen LogP contribution is -1.91. The zero-order chi connectivity index (χ0) is 10.3. The van der Waals surface area contributed by atoms with E-state index in [1.165, 1.54) is 30.4 Å². The van der Waals surface area contributed by atoms with Gasteiger partial charge in [0.15, 0.2) is 0 Å². The Balaban J connectivity index is 3.83. The van der Waals surface area contributed by atoms with Crippen LogP contribution in [0.3, 0.4) is 0 Å². The van der Waals surface area contributed by atoms with Gasteiger partial charge >= 0.3 is 0 Å². The summed E-state index contributed by atoms with van der Waals surface area (Å²) in [5.74, 6) is 0.735. The molecule has 0 saturated carbocycles. The Morgan fingerprint density at radius 3 is 2.46 bits per heavy atom. The van der Waals surface area contributed by atoms with Crippen LogP contribution >= 0.6 is 0 Å². The van der Waals surface area contributed by atoms with Crippen molar-refractivity contribution in [1.82, 2.24) is 0 Å². The molecule has 76 valence electrons. The Morgan fingerprint density at radius 2 is 2.00 bits per heavy atom. The van der Waals surface area contributed by atoms with Crippen LogP contribution in [0.5, 0.6) is 0 Å². The van der Waals surface area contributed by atoms with Crippen molar-refractivity contribution in [2.24, 2.45) is 5.92 Å². The van der Waals surface area contributed by atoms with Crippen molar-refractivity contribution in [3.8, 4) is 0 Å². The van der Waals surface area contributed by atoms with Crippen LogP contribution in [0.4, 0.5) is 0 Å². The third kappa shape index (κ3) is 7.83. The maximum absolute atomic E-state index is 3.92. The molecule has 0 aliphatic carbocycles. The van der Waals surface area contributed by atoms with Gasteiger partial charge in [0.2, 0.25) is 0 Å². The molecule has 0 radical (unpaired) electrons. The second-order valence-electron chi connectivity index (χ2n) is 4.27. The van der Waals surface area contributed by atoms with E-state index in [0.717, 1.165) is 12.3 Å². The normalized spacial score (nSPS) is 14.3. The van der Waals surface area contributed by atoms with E-state index in [1.54, 1.807) is 0 Å². The van der Waals surface area contributed by atoms with Crippen LogP contribution in [0.25, 0.3) is 0 Å². The quantitative estimate of drug-likeness (QED) is 0.519. The van der Waals surface area contributed by atoms with Gasteiger partial charge in [-0.25, -0.2) is 0 Å². The first-order valence-corrected chi connectivity index (χ1v) is 5.38. The van der Waals surface area contributed by atoms with Gasteiger partial charge in [-0.15, -0.1) is 0 Å². The third-order valence-corrected chi connectivity index (χ3v) is 2.16. The van der Waals surface area contributed by atoms with E-state index in [0.29, 0.717) is 0 Å². The zero-order valence-corrected chi connectivity index (χ0v) is 9.69. The van der Waals surface area contributed by atoms with E-state index >= 15 is 0 Å². The summed E-state index contributed by atoms with van der Waals surface area (Å²) < 4.78 is 0. The predicted molar refractivity (Wildman–Crippen MR) is 61.9 cm³/mol. The Labute approximate surface area is 83.7 Å². The molecule has 0 aliphatic rings. The Morgan fingerprint density at radius 1 is 1.38 bits per heavy atom. The van der Waals surface area contributed by atoms with E-state index in [2.05, 4.69) is 40.3 Å². The number of rotatable bonds is 6. The molecular formula is C13H24. The summed E-state index contributed by atoms with van der Waals surface area (Å²) in [4.78, 5) is 0. The molecule has 0 aromatic rings. The molecule has 0 aliphatic heterocycles. The first-order chi connectivity index (χ1) is 6.06. The third-order valence-electron chi connectivity index (χ3n) is 2.16. The first-order valence-electron chi connectivity index (χ1n) is 5.38. The monoisotopic (exact) mass is 180 g/mol. The van der Waals surface area contributed by atoms with Crippen molar-refractivity contribution in [3.05, 3.63) is 23.8 Å². The highest BCUT2D eigenvalue weighted by Gasteiger charge is 1.98. The van der Waals surface area contributed by atoms with E-state index in [9.17, 15) is 0 Å². The summed E-state index contributed by atoms with van der Waals surface area (Å²) in [7, 11) is 0. The van der Waals surface area contributed by atoms with Gasteiger partial charge in [0.05, 0.1) is 0 Å². The summed E-state index contributed by atoms with van der Waals surface area (Å²) in [5.41, 5.74) is 2.73. The summed E-state index contributed by atoms with van der Waals surface area (Å²) in [6.07, 6.45) is 7.43. The average Bonchev–Trinajstić information content (AvgIpc) is 1.98. The van der Waals surface area contributed by atoms with Crippen LogP contribution in [0.1, 0.15) is 53.4 Å². The maximum atomic E-state index is 3.92. The molecule has 0 fully saturated rings. The van der Waals surface area contributed by atoms with Gasteiger partial charge < -0.3 is 0 Å². The molecule has 0 N–H and O–H groups in total. The Bertz CT molecular complexity index is 174. The highest BCUT2D eigenvalue weighted by Crippen LogP contribution is 2.15. The minimum Gasteiger partial charge on any atom is -0.0998 e. The largest absolute Gasteiger partial charge is 0.0998 e. The topological polar surface area (TPSA) is 0 Å². The lowest BCUT2D eigenvalue weighted by molar-refractivity contribution is 0.594. The molecule has 13 heavy (non-hydrogen) atoms. The fourth-order valence-electron chi connectivity index (χ4n) is 1.63. The van der Waals surface area contributed by atoms with Crippen molar-refractivity contribution < 1.29 is 0 Å². The van der Waals surface area contributed by atoms with Crippen LogP contribution in [0.2, 0.25) is 0 Å². The molecule has 0 heteroatoms. The zero-order valence-electron chi connectivity index (χ0n) is 9.69. The summed E-state index contributed by atoms with van der Waals surface area (Å²) >= 11 is 0. The van der Waals surface area contributed by atoms with Crippen LogP contribution in [0.15, 0.2) is 23.8 Å². The summed E-state index contributed by atoms with van der Waals surface area (Å²) in [5, 5.41) is 0. The molecule has 0 amide bonds. The fourth-order valence-corrected chi connectivity index (χ4v) is 1.63. The van der Waals surface area contributed by atoms with Crippen molar-refractivity contribution in [2.45, 2.75) is 53.4 Å². The molecule has 0 bridgehead atoms. The number of unbranched alkanes of at least 4 members (excludes halogenated alkanes) is 1. The predicted octanol–water partition coefficient (Wildman–Crippen LogP) is 4.73. The van der Waals surface area contributed by atoms with Gasteiger partial charge in [-0.1, -0.05) is 50.5 Å². The average molecular weight is 180 g/mol. The van der Waals surface area contributed by atoms with Gasteiger partial charge in [-0.05, 0) is 32.6 Å². The molecular weight excluding hydrogens is 156 g/mol. The molecule has 0 nitrogen and oxygen atoms in total. The fraction of sp³-hybridized carbons (Fsp3) is 0.692. The molecule has 0 rings (SSSR count). The second-order valence-corrected chi connectivity index (χ2v) is 4.27. The molecule has 0 aromatic heterocycles. The molecule has 0 heterocycles.